The summed E-state index contributed by atoms with van der Waals surface area (Å²) in [6.07, 6.45) is 3.00. The Morgan fingerprint density at radius 2 is 2.00 bits per heavy atom. The molecule has 1 unspecified atom stereocenters. The maximum absolute atomic E-state index is 11.5. The number of esters is 1. The first-order chi connectivity index (χ1) is 10.3. The maximum atomic E-state index is 11.5. The van der Waals surface area contributed by atoms with Crippen molar-refractivity contribution in [3.8, 4) is 0 Å². The number of nitrogens with one attached hydrogen (secondary N) is 1. The second-order valence-corrected chi connectivity index (χ2v) is 6.15. The number of ether oxygens (including phenoxy) is 1. The Balaban J connectivity index is 1.61. The van der Waals surface area contributed by atoms with Crippen LogP contribution in [0.5, 0.6) is 0 Å². The Morgan fingerprint density at radius 1 is 1.29 bits per heavy atom. The van der Waals surface area contributed by atoms with Crippen LogP contribution < -0.4 is 5.32 Å². The molecule has 3 saturated heterocycles. The average molecular weight is 288 g/mol. The highest BCUT2D eigenvalue weighted by molar-refractivity contribution is 5.72. The summed E-state index contributed by atoms with van der Waals surface area (Å²) in [5, 5.41) is 3.71. The number of rotatable bonds is 5. The van der Waals surface area contributed by atoms with Gasteiger partial charge in [0.25, 0.3) is 0 Å². The lowest BCUT2D eigenvalue weighted by atomic mass is 9.84. The summed E-state index contributed by atoms with van der Waals surface area (Å²) in [5.74, 6) is 0.646. The van der Waals surface area contributed by atoms with Gasteiger partial charge in [0.05, 0.1) is 13.5 Å². The first-order valence-electron chi connectivity index (χ1n) is 7.85. The molecule has 0 saturated carbocycles. The predicted octanol–water partition coefficient (Wildman–Crippen LogP) is 1.59. The fourth-order valence-corrected chi connectivity index (χ4v) is 3.57. The Hall–Kier alpha value is -1.39. The molecule has 0 spiro atoms. The summed E-state index contributed by atoms with van der Waals surface area (Å²) >= 11 is 0. The topological polar surface area (TPSA) is 41.6 Å². The number of benzene rings is 1. The summed E-state index contributed by atoms with van der Waals surface area (Å²) in [6, 6.07) is 8.74. The molecular weight excluding hydrogens is 264 g/mol. The monoisotopic (exact) mass is 288 g/mol. The minimum absolute atomic E-state index is 0.176. The number of hydrogen-bond acceptors (Lipinski definition) is 4. The molecule has 0 radical (unpaired) electrons. The van der Waals surface area contributed by atoms with Crippen LogP contribution in [0.4, 0.5) is 0 Å². The normalized spacial score (nSPS) is 27.6. The van der Waals surface area contributed by atoms with Crippen molar-refractivity contribution in [2.75, 3.05) is 26.7 Å². The van der Waals surface area contributed by atoms with E-state index in [2.05, 4.69) is 16.3 Å². The minimum Gasteiger partial charge on any atom is -0.469 e. The summed E-state index contributed by atoms with van der Waals surface area (Å²) in [5.41, 5.74) is 2.28. The zero-order chi connectivity index (χ0) is 14.7. The zero-order valence-electron chi connectivity index (χ0n) is 12.7. The summed E-state index contributed by atoms with van der Waals surface area (Å²) in [7, 11) is 1.44. The molecule has 3 fully saturated rings. The predicted molar refractivity (Wildman–Crippen MR) is 82.0 cm³/mol. The lowest BCUT2D eigenvalue weighted by Crippen LogP contribution is -2.55. The molecule has 3 aliphatic rings. The second-order valence-electron chi connectivity index (χ2n) is 6.15. The first kappa shape index (κ1) is 14.5. The van der Waals surface area contributed by atoms with Gasteiger partial charge in [0, 0.05) is 19.1 Å². The highest BCUT2D eigenvalue weighted by Gasteiger charge is 2.33. The van der Waals surface area contributed by atoms with Crippen LogP contribution in [0.25, 0.3) is 0 Å². The lowest BCUT2D eigenvalue weighted by Gasteiger charge is -2.45. The minimum atomic E-state index is -0.176. The molecule has 21 heavy (non-hydrogen) atoms. The van der Waals surface area contributed by atoms with Crippen molar-refractivity contribution in [1.82, 2.24) is 10.2 Å². The SMILES string of the molecule is COC(=O)Cc1ccccc1CNC1CN2CCC1CC2. The van der Waals surface area contributed by atoms with Gasteiger partial charge in [-0.2, -0.15) is 0 Å². The maximum Gasteiger partial charge on any atom is 0.309 e. The largest absolute Gasteiger partial charge is 0.469 e. The smallest absolute Gasteiger partial charge is 0.309 e. The molecule has 3 aliphatic heterocycles. The van der Waals surface area contributed by atoms with E-state index in [0.29, 0.717) is 12.5 Å². The molecule has 1 aromatic carbocycles. The van der Waals surface area contributed by atoms with E-state index < -0.39 is 0 Å². The number of carbonyl (C=O) groups excluding carboxylic acids is 1. The fourth-order valence-electron chi connectivity index (χ4n) is 3.57. The molecule has 114 valence electrons. The van der Waals surface area contributed by atoms with Gasteiger partial charge in [-0.05, 0) is 43.0 Å². The van der Waals surface area contributed by atoms with Crippen LogP contribution in [0.2, 0.25) is 0 Å². The lowest BCUT2D eigenvalue weighted by molar-refractivity contribution is -0.139. The van der Waals surface area contributed by atoms with Crippen molar-refractivity contribution in [3.05, 3.63) is 35.4 Å². The van der Waals surface area contributed by atoms with E-state index in [9.17, 15) is 4.79 Å². The molecule has 4 nitrogen and oxygen atoms in total. The highest BCUT2D eigenvalue weighted by atomic mass is 16.5. The quantitative estimate of drug-likeness (QED) is 0.836. The van der Waals surface area contributed by atoms with E-state index in [4.69, 9.17) is 4.74 Å². The average Bonchev–Trinajstić information content (AvgIpc) is 2.55. The van der Waals surface area contributed by atoms with Gasteiger partial charge >= 0.3 is 5.97 Å². The molecule has 2 bridgehead atoms. The van der Waals surface area contributed by atoms with Gasteiger partial charge in [0.2, 0.25) is 0 Å². The van der Waals surface area contributed by atoms with Gasteiger partial charge in [-0.15, -0.1) is 0 Å². The van der Waals surface area contributed by atoms with Gasteiger partial charge in [-0.25, -0.2) is 0 Å². The number of piperidine rings is 3. The number of nitrogens with zero attached hydrogens (tertiary/aromatic N) is 1. The van der Waals surface area contributed by atoms with Gasteiger partial charge < -0.3 is 15.0 Å². The Kier molecular flexibility index (Phi) is 4.56. The third-order valence-corrected chi connectivity index (χ3v) is 4.89. The third-order valence-electron chi connectivity index (χ3n) is 4.89. The van der Waals surface area contributed by atoms with Gasteiger partial charge in [-0.3, -0.25) is 4.79 Å². The molecule has 0 aliphatic carbocycles. The van der Waals surface area contributed by atoms with Crippen molar-refractivity contribution >= 4 is 5.97 Å². The van der Waals surface area contributed by atoms with Gasteiger partial charge in [-0.1, -0.05) is 24.3 Å². The summed E-state index contributed by atoms with van der Waals surface area (Å²) in [4.78, 5) is 14.0. The molecule has 1 aromatic rings. The Bertz CT molecular complexity index is 495. The van der Waals surface area contributed by atoms with Crippen LogP contribution in [0, 0.1) is 5.92 Å². The van der Waals surface area contributed by atoms with Crippen molar-refractivity contribution in [1.29, 1.82) is 0 Å². The van der Waals surface area contributed by atoms with E-state index in [0.717, 1.165) is 18.0 Å². The Labute approximate surface area is 126 Å². The number of carbonyl (C=O) groups is 1. The highest BCUT2D eigenvalue weighted by Crippen LogP contribution is 2.27. The zero-order valence-corrected chi connectivity index (χ0v) is 12.7. The standard InChI is InChI=1S/C17H24N2O2/c1-21-17(20)10-14-4-2-3-5-15(14)11-18-16-12-19-8-6-13(16)7-9-19/h2-5,13,16,18H,6-12H2,1H3. The van der Waals surface area contributed by atoms with Crippen LogP contribution in [0.15, 0.2) is 24.3 Å². The van der Waals surface area contributed by atoms with Crippen LogP contribution in [0.1, 0.15) is 24.0 Å². The molecule has 0 amide bonds. The van der Waals surface area contributed by atoms with Crippen molar-refractivity contribution in [3.63, 3.8) is 0 Å². The van der Waals surface area contributed by atoms with Crippen LogP contribution in [0.3, 0.4) is 0 Å². The van der Waals surface area contributed by atoms with E-state index in [1.54, 1.807) is 0 Å². The van der Waals surface area contributed by atoms with E-state index in [1.165, 1.54) is 45.1 Å². The molecule has 1 atom stereocenters. The first-order valence-corrected chi connectivity index (χ1v) is 7.85. The molecule has 1 N–H and O–H groups in total. The summed E-state index contributed by atoms with van der Waals surface area (Å²) < 4.78 is 4.78. The van der Waals surface area contributed by atoms with E-state index in [1.807, 2.05) is 18.2 Å². The Morgan fingerprint density at radius 3 is 2.62 bits per heavy atom. The van der Waals surface area contributed by atoms with E-state index >= 15 is 0 Å². The molecular formula is C17H24N2O2. The van der Waals surface area contributed by atoms with Crippen molar-refractivity contribution in [2.24, 2.45) is 5.92 Å². The van der Waals surface area contributed by atoms with E-state index in [-0.39, 0.29) is 5.97 Å². The van der Waals surface area contributed by atoms with Crippen molar-refractivity contribution in [2.45, 2.75) is 31.8 Å². The molecule has 4 rings (SSSR count). The number of methoxy groups -OCH3 is 1. The van der Waals surface area contributed by atoms with Gasteiger partial charge in [0.15, 0.2) is 0 Å². The fraction of sp³-hybridized carbons (Fsp3) is 0.588. The van der Waals surface area contributed by atoms with Crippen LogP contribution in [-0.4, -0.2) is 43.7 Å². The summed E-state index contributed by atoms with van der Waals surface area (Å²) in [6.45, 7) is 4.54. The molecule has 3 heterocycles. The van der Waals surface area contributed by atoms with Gasteiger partial charge in [0.1, 0.15) is 0 Å². The third kappa shape index (κ3) is 3.44. The van der Waals surface area contributed by atoms with Crippen LogP contribution in [-0.2, 0) is 22.5 Å². The molecule has 4 heteroatoms. The number of fused-ring (bicyclic) bond motifs is 3. The van der Waals surface area contributed by atoms with Crippen molar-refractivity contribution < 1.29 is 9.53 Å². The molecule has 0 aromatic heterocycles. The second kappa shape index (κ2) is 6.58. The van der Waals surface area contributed by atoms with Crippen LogP contribution >= 0.6 is 0 Å². The number of hydrogen-bond donors (Lipinski definition) is 1.